The van der Waals surface area contributed by atoms with Gasteiger partial charge in [0.2, 0.25) is 5.96 Å². The Balaban J connectivity index is 0.00000180. The van der Waals surface area contributed by atoms with E-state index in [9.17, 15) is 0 Å². The van der Waals surface area contributed by atoms with Gasteiger partial charge in [-0.05, 0) is 12.0 Å². The normalized spacial score (nSPS) is 17.3. The van der Waals surface area contributed by atoms with Crippen molar-refractivity contribution in [2.45, 2.75) is 13.3 Å². The fourth-order valence-corrected chi connectivity index (χ4v) is 2.10. The molecule has 2 rings (SSSR count). The van der Waals surface area contributed by atoms with Gasteiger partial charge in [-0.3, -0.25) is 4.99 Å². The van der Waals surface area contributed by atoms with Crippen LogP contribution in [-0.4, -0.2) is 48.8 Å². The Kier molecular flexibility index (Phi) is 6.83. The Labute approximate surface area is 132 Å². The summed E-state index contributed by atoms with van der Waals surface area (Å²) in [6, 6.07) is 10.1. The third kappa shape index (κ3) is 4.19. The van der Waals surface area contributed by atoms with Gasteiger partial charge in [0.15, 0.2) is 0 Å². The summed E-state index contributed by atoms with van der Waals surface area (Å²) >= 11 is 0. The van der Waals surface area contributed by atoms with Gasteiger partial charge in [0.05, 0.1) is 12.8 Å². The molecule has 0 aromatic heterocycles. The second-order valence-electron chi connectivity index (χ2n) is 4.29. The van der Waals surface area contributed by atoms with Crippen molar-refractivity contribution in [3.05, 3.63) is 35.9 Å². The Hall–Kier alpha value is -1.11. The molecule has 19 heavy (non-hydrogen) atoms. The van der Waals surface area contributed by atoms with Crippen molar-refractivity contribution in [2.75, 3.05) is 26.7 Å². The quantitative estimate of drug-likeness (QED) is 0.601. The highest BCUT2D eigenvalue weighted by Crippen LogP contribution is 2.10. The van der Waals surface area contributed by atoms with Crippen LogP contribution in [0.3, 0.4) is 0 Å². The lowest BCUT2D eigenvalue weighted by Crippen LogP contribution is -2.31. The number of nitrogens with zero attached hydrogens (tertiary/aromatic N) is 4. The van der Waals surface area contributed by atoms with Crippen LogP contribution in [0.5, 0.6) is 0 Å². The van der Waals surface area contributed by atoms with E-state index in [1.807, 2.05) is 48.6 Å². The topological polar surface area (TPSA) is 31.2 Å². The Morgan fingerprint density at radius 3 is 2.58 bits per heavy atom. The molecule has 0 radical (unpaired) electrons. The van der Waals surface area contributed by atoms with E-state index in [1.165, 1.54) is 0 Å². The van der Waals surface area contributed by atoms with Crippen LogP contribution < -0.4 is 0 Å². The van der Waals surface area contributed by atoms with Gasteiger partial charge in [-0.15, -0.1) is 24.0 Å². The predicted molar refractivity (Wildman–Crippen MR) is 91.4 cm³/mol. The molecule has 0 N–H and O–H groups in total. The molecule has 0 spiro atoms. The number of hydrogen-bond acceptors (Lipinski definition) is 2. The molecule has 5 heteroatoms. The fraction of sp³-hybridized carbons (Fsp3) is 0.429. The molecule has 1 aliphatic heterocycles. The molecule has 1 saturated heterocycles. The van der Waals surface area contributed by atoms with Crippen LogP contribution in [0, 0.1) is 0 Å². The van der Waals surface area contributed by atoms with Gasteiger partial charge in [-0.1, -0.05) is 37.3 Å². The highest BCUT2D eigenvalue weighted by atomic mass is 127. The molecule has 1 fully saturated rings. The summed E-state index contributed by atoms with van der Waals surface area (Å²) in [6.07, 6.45) is 3.02. The first-order chi connectivity index (χ1) is 8.85. The number of hydrazone groups is 1. The summed E-state index contributed by atoms with van der Waals surface area (Å²) in [5.74, 6) is 0.976. The van der Waals surface area contributed by atoms with Crippen LogP contribution in [0.2, 0.25) is 0 Å². The average Bonchev–Trinajstić information content (AvgIpc) is 2.80. The number of halogens is 1. The number of guanidine groups is 1. The van der Waals surface area contributed by atoms with E-state index in [0.717, 1.165) is 37.6 Å². The van der Waals surface area contributed by atoms with Crippen molar-refractivity contribution in [1.29, 1.82) is 0 Å². The zero-order valence-corrected chi connectivity index (χ0v) is 13.8. The van der Waals surface area contributed by atoms with Crippen molar-refractivity contribution in [3.8, 4) is 0 Å². The van der Waals surface area contributed by atoms with Crippen LogP contribution in [-0.2, 0) is 0 Å². The van der Waals surface area contributed by atoms with E-state index in [4.69, 9.17) is 0 Å². The smallest absolute Gasteiger partial charge is 0.217 e. The van der Waals surface area contributed by atoms with E-state index in [2.05, 4.69) is 21.9 Å². The molecule has 1 aromatic carbocycles. The minimum atomic E-state index is 0. The van der Waals surface area contributed by atoms with Gasteiger partial charge in [-0.2, -0.15) is 5.10 Å². The number of aliphatic imine (C=N–C) groups is 1. The Bertz CT molecular complexity index is 430. The second kappa shape index (κ2) is 8.14. The molecule has 0 atom stereocenters. The molecule has 1 heterocycles. The maximum atomic E-state index is 4.51. The highest BCUT2D eigenvalue weighted by Gasteiger charge is 2.24. The zero-order valence-electron chi connectivity index (χ0n) is 11.5. The molecule has 0 saturated carbocycles. The van der Waals surface area contributed by atoms with Gasteiger partial charge < -0.3 is 4.90 Å². The summed E-state index contributed by atoms with van der Waals surface area (Å²) in [4.78, 5) is 6.62. The van der Waals surface area contributed by atoms with E-state index in [0.29, 0.717) is 0 Å². The first kappa shape index (κ1) is 15.9. The zero-order chi connectivity index (χ0) is 12.8. The summed E-state index contributed by atoms with van der Waals surface area (Å²) < 4.78 is 0. The summed E-state index contributed by atoms with van der Waals surface area (Å²) in [7, 11) is 1.83. The van der Waals surface area contributed by atoms with Gasteiger partial charge in [0.1, 0.15) is 0 Å². The molecule has 0 amide bonds. The molecule has 0 aliphatic carbocycles. The van der Waals surface area contributed by atoms with Crippen molar-refractivity contribution >= 4 is 36.2 Å². The number of rotatable bonds is 4. The molecular formula is C14H21IN4. The largest absolute Gasteiger partial charge is 0.340 e. The standard InChI is InChI=1S/C14H20N4.HI/c1-3-9-17-10-11-18(14(17)15-2)16-12-13-7-5-4-6-8-13;/h4-8,12H,3,9-11H2,1-2H3;1H. The van der Waals surface area contributed by atoms with Crippen LogP contribution >= 0.6 is 24.0 Å². The minimum absolute atomic E-state index is 0. The molecule has 1 aromatic rings. The first-order valence-corrected chi connectivity index (χ1v) is 6.43. The van der Waals surface area contributed by atoms with Crippen LogP contribution in [0.25, 0.3) is 0 Å². The van der Waals surface area contributed by atoms with Crippen molar-refractivity contribution in [2.24, 2.45) is 10.1 Å². The van der Waals surface area contributed by atoms with Crippen molar-refractivity contribution in [1.82, 2.24) is 9.91 Å². The lowest BCUT2D eigenvalue weighted by atomic mass is 10.2. The number of hydrogen-bond donors (Lipinski definition) is 0. The molecular weight excluding hydrogens is 351 g/mol. The minimum Gasteiger partial charge on any atom is -0.340 e. The Morgan fingerprint density at radius 2 is 1.95 bits per heavy atom. The lowest BCUT2D eigenvalue weighted by molar-refractivity contribution is 0.459. The van der Waals surface area contributed by atoms with Crippen LogP contribution in [0.15, 0.2) is 40.4 Å². The van der Waals surface area contributed by atoms with Gasteiger partial charge >= 0.3 is 0 Å². The SMILES string of the molecule is CCCN1CCN(N=Cc2ccccc2)C1=NC.I. The third-order valence-electron chi connectivity index (χ3n) is 2.93. The monoisotopic (exact) mass is 372 g/mol. The van der Waals surface area contributed by atoms with Crippen molar-refractivity contribution in [3.63, 3.8) is 0 Å². The van der Waals surface area contributed by atoms with Crippen LogP contribution in [0.4, 0.5) is 0 Å². The Morgan fingerprint density at radius 1 is 1.21 bits per heavy atom. The van der Waals surface area contributed by atoms with E-state index in [1.54, 1.807) is 0 Å². The number of benzene rings is 1. The van der Waals surface area contributed by atoms with E-state index in [-0.39, 0.29) is 24.0 Å². The van der Waals surface area contributed by atoms with Gasteiger partial charge in [0.25, 0.3) is 0 Å². The third-order valence-corrected chi connectivity index (χ3v) is 2.93. The molecule has 4 nitrogen and oxygen atoms in total. The lowest BCUT2D eigenvalue weighted by Gasteiger charge is -2.18. The van der Waals surface area contributed by atoms with E-state index < -0.39 is 0 Å². The molecule has 104 valence electrons. The molecule has 1 aliphatic rings. The van der Waals surface area contributed by atoms with Crippen LogP contribution in [0.1, 0.15) is 18.9 Å². The molecule has 0 bridgehead atoms. The maximum Gasteiger partial charge on any atom is 0.217 e. The average molecular weight is 372 g/mol. The summed E-state index contributed by atoms with van der Waals surface area (Å²) in [5, 5.41) is 6.49. The predicted octanol–water partition coefficient (Wildman–Crippen LogP) is 2.65. The fourth-order valence-electron chi connectivity index (χ4n) is 2.10. The summed E-state index contributed by atoms with van der Waals surface area (Å²) in [6.45, 7) is 5.15. The first-order valence-electron chi connectivity index (χ1n) is 6.43. The van der Waals surface area contributed by atoms with Gasteiger partial charge in [-0.25, -0.2) is 5.01 Å². The summed E-state index contributed by atoms with van der Waals surface area (Å²) in [5.41, 5.74) is 1.11. The van der Waals surface area contributed by atoms with Gasteiger partial charge in [0, 0.05) is 20.1 Å². The molecule has 0 unspecified atom stereocenters. The maximum absolute atomic E-state index is 4.51. The highest BCUT2D eigenvalue weighted by molar-refractivity contribution is 14.0. The van der Waals surface area contributed by atoms with Crippen molar-refractivity contribution < 1.29 is 0 Å². The second-order valence-corrected chi connectivity index (χ2v) is 4.29. The van der Waals surface area contributed by atoms with E-state index >= 15 is 0 Å².